The monoisotopic (exact) mass is 271 g/mol. The zero-order valence-electron chi connectivity index (χ0n) is 9.64. The molecule has 0 bridgehead atoms. The van der Waals surface area contributed by atoms with E-state index in [1.165, 1.54) is 12.1 Å². The van der Waals surface area contributed by atoms with Gasteiger partial charge in [0.15, 0.2) is 5.69 Å². The number of hydrogen-bond acceptors (Lipinski definition) is 2. The van der Waals surface area contributed by atoms with E-state index in [-0.39, 0.29) is 5.82 Å². The fourth-order valence-electron chi connectivity index (χ4n) is 1.93. The number of fused-ring (bicyclic) bond motifs is 1. The van der Waals surface area contributed by atoms with Gasteiger partial charge in [-0.1, -0.05) is 11.6 Å². The summed E-state index contributed by atoms with van der Waals surface area (Å²) in [6.07, 6.45) is 1.63. The van der Waals surface area contributed by atoms with Crippen LogP contribution in [0, 0.1) is 17.1 Å². The van der Waals surface area contributed by atoms with Gasteiger partial charge in [0.1, 0.15) is 23.2 Å². The lowest BCUT2D eigenvalue weighted by atomic mass is 10.1. The standard InChI is InChI=1S/C14H7ClFN3/c15-10-3-6-13-18-14(12(7-17)19(13)8-10)9-1-4-11(16)5-2-9/h1-6,8H. The predicted molar refractivity (Wildman–Crippen MR) is 70.3 cm³/mol. The van der Waals surface area contributed by atoms with Crippen LogP contribution in [-0.2, 0) is 0 Å². The molecular weight excluding hydrogens is 265 g/mol. The summed E-state index contributed by atoms with van der Waals surface area (Å²) in [6, 6.07) is 11.4. The smallest absolute Gasteiger partial charge is 0.152 e. The second kappa shape index (κ2) is 4.38. The molecule has 19 heavy (non-hydrogen) atoms. The van der Waals surface area contributed by atoms with Crippen LogP contribution in [0.5, 0.6) is 0 Å². The molecule has 0 aliphatic carbocycles. The average molecular weight is 272 g/mol. The van der Waals surface area contributed by atoms with Crippen LogP contribution in [0.1, 0.15) is 5.69 Å². The minimum Gasteiger partial charge on any atom is -0.289 e. The molecule has 0 radical (unpaired) electrons. The van der Waals surface area contributed by atoms with E-state index in [1.807, 2.05) is 0 Å². The van der Waals surface area contributed by atoms with Crippen LogP contribution in [0.2, 0.25) is 5.02 Å². The Morgan fingerprint density at radius 1 is 1.16 bits per heavy atom. The Kier molecular flexibility index (Phi) is 2.69. The van der Waals surface area contributed by atoms with Gasteiger partial charge in [-0.2, -0.15) is 5.26 Å². The van der Waals surface area contributed by atoms with Crippen LogP contribution in [-0.4, -0.2) is 9.38 Å². The van der Waals surface area contributed by atoms with Crippen molar-refractivity contribution < 1.29 is 4.39 Å². The van der Waals surface area contributed by atoms with Gasteiger partial charge in [-0.15, -0.1) is 0 Å². The fraction of sp³-hybridized carbons (Fsp3) is 0. The summed E-state index contributed by atoms with van der Waals surface area (Å²) < 4.78 is 14.6. The first-order chi connectivity index (χ1) is 9.19. The minimum absolute atomic E-state index is 0.325. The third-order valence-corrected chi connectivity index (χ3v) is 3.03. The summed E-state index contributed by atoms with van der Waals surface area (Å²) in [5.41, 5.74) is 2.21. The molecule has 2 heterocycles. The summed E-state index contributed by atoms with van der Waals surface area (Å²) in [5, 5.41) is 9.80. The van der Waals surface area contributed by atoms with E-state index in [1.54, 1.807) is 34.9 Å². The van der Waals surface area contributed by atoms with Crippen LogP contribution >= 0.6 is 11.6 Å². The Labute approximate surface area is 113 Å². The molecule has 0 atom stereocenters. The number of aromatic nitrogens is 2. The molecule has 92 valence electrons. The third-order valence-electron chi connectivity index (χ3n) is 2.81. The highest BCUT2D eigenvalue weighted by Gasteiger charge is 2.13. The summed E-state index contributed by atoms with van der Waals surface area (Å²) in [7, 11) is 0. The maximum absolute atomic E-state index is 12.9. The molecular formula is C14H7ClFN3. The summed E-state index contributed by atoms with van der Waals surface area (Å²) >= 11 is 5.92. The molecule has 3 aromatic rings. The van der Waals surface area contributed by atoms with E-state index in [9.17, 15) is 9.65 Å². The minimum atomic E-state index is -0.325. The number of pyridine rings is 1. The van der Waals surface area contributed by atoms with Gasteiger partial charge in [0.2, 0.25) is 0 Å². The van der Waals surface area contributed by atoms with Crippen LogP contribution < -0.4 is 0 Å². The molecule has 2 aromatic heterocycles. The maximum atomic E-state index is 12.9. The Morgan fingerprint density at radius 2 is 1.89 bits per heavy atom. The summed E-state index contributed by atoms with van der Waals surface area (Å²) in [6.45, 7) is 0. The molecule has 0 saturated heterocycles. The average Bonchev–Trinajstić information content (AvgIpc) is 2.77. The van der Waals surface area contributed by atoms with Crippen molar-refractivity contribution in [2.45, 2.75) is 0 Å². The van der Waals surface area contributed by atoms with E-state index in [4.69, 9.17) is 11.6 Å². The first-order valence-electron chi connectivity index (χ1n) is 5.52. The number of benzene rings is 1. The maximum Gasteiger partial charge on any atom is 0.152 e. The van der Waals surface area contributed by atoms with Crippen molar-refractivity contribution in [3.8, 4) is 17.3 Å². The van der Waals surface area contributed by atoms with Crippen LogP contribution in [0.15, 0.2) is 42.6 Å². The molecule has 1 aromatic carbocycles. The van der Waals surface area contributed by atoms with Crippen molar-refractivity contribution >= 4 is 17.2 Å². The Bertz CT molecular complexity index is 800. The van der Waals surface area contributed by atoms with E-state index in [0.29, 0.717) is 27.6 Å². The number of halogens is 2. The summed E-state index contributed by atoms with van der Waals surface area (Å²) in [5.74, 6) is -0.325. The first kappa shape index (κ1) is 11.7. The topological polar surface area (TPSA) is 41.1 Å². The zero-order valence-corrected chi connectivity index (χ0v) is 10.4. The molecule has 0 N–H and O–H groups in total. The lowest BCUT2D eigenvalue weighted by Gasteiger charge is -1.97. The molecule has 0 aliphatic rings. The normalized spacial score (nSPS) is 10.6. The van der Waals surface area contributed by atoms with Crippen molar-refractivity contribution in [3.63, 3.8) is 0 Å². The number of imidazole rings is 1. The number of hydrogen-bond donors (Lipinski definition) is 0. The fourth-order valence-corrected chi connectivity index (χ4v) is 2.10. The molecule has 0 fully saturated rings. The number of nitrogens with zero attached hydrogens (tertiary/aromatic N) is 3. The lowest BCUT2D eigenvalue weighted by molar-refractivity contribution is 0.628. The third kappa shape index (κ3) is 1.94. The number of rotatable bonds is 1. The van der Waals surface area contributed by atoms with E-state index < -0.39 is 0 Å². The second-order valence-electron chi connectivity index (χ2n) is 4.00. The van der Waals surface area contributed by atoms with Crippen molar-refractivity contribution in [3.05, 3.63) is 59.1 Å². The van der Waals surface area contributed by atoms with Crippen LogP contribution in [0.3, 0.4) is 0 Å². The summed E-state index contributed by atoms with van der Waals surface area (Å²) in [4.78, 5) is 4.38. The molecule has 0 aliphatic heterocycles. The van der Waals surface area contributed by atoms with Crippen molar-refractivity contribution in [2.24, 2.45) is 0 Å². The molecule has 0 amide bonds. The number of nitriles is 1. The van der Waals surface area contributed by atoms with Crippen LogP contribution in [0.25, 0.3) is 16.9 Å². The van der Waals surface area contributed by atoms with Gasteiger partial charge < -0.3 is 0 Å². The van der Waals surface area contributed by atoms with Gasteiger partial charge in [-0.3, -0.25) is 4.40 Å². The molecule has 0 saturated carbocycles. The van der Waals surface area contributed by atoms with Crippen LogP contribution in [0.4, 0.5) is 4.39 Å². The molecule has 0 spiro atoms. The van der Waals surface area contributed by atoms with Gasteiger partial charge in [0.05, 0.1) is 5.02 Å². The van der Waals surface area contributed by atoms with Gasteiger partial charge in [0, 0.05) is 11.8 Å². The quantitative estimate of drug-likeness (QED) is 0.678. The largest absolute Gasteiger partial charge is 0.289 e. The van der Waals surface area contributed by atoms with Gasteiger partial charge in [-0.25, -0.2) is 9.37 Å². The van der Waals surface area contributed by atoms with E-state index in [2.05, 4.69) is 11.1 Å². The van der Waals surface area contributed by atoms with E-state index >= 15 is 0 Å². The SMILES string of the molecule is N#Cc1c(-c2ccc(F)cc2)nc2ccc(Cl)cn12. The van der Waals surface area contributed by atoms with Gasteiger partial charge in [-0.05, 0) is 36.4 Å². The van der Waals surface area contributed by atoms with Gasteiger partial charge in [0.25, 0.3) is 0 Å². The lowest BCUT2D eigenvalue weighted by Crippen LogP contribution is -1.88. The van der Waals surface area contributed by atoms with Crippen molar-refractivity contribution in [2.75, 3.05) is 0 Å². The molecule has 3 rings (SSSR count). The van der Waals surface area contributed by atoms with Crippen molar-refractivity contribution in [1.29, 1.82) is 5.26 Å². The Hall–Kier alpha value is -2.38. The molecule has 3 nitrogen and oxygen atoms in total. The zero-order chi connectivity index (χ0) is 13.4. The Balaban J connectivity index is 2.29. The molecule has 0 unspecified atom stereocenters. The highest BCUT2D eigenvalue weighted by Crippen LogP contribution is 2.25. The highest BCUT2D eigenvalue weighted by molar-refractivity contribution is 6.30. The van der Waals surface area contributed by atoms with Gasteiger partial charge >= 0.3 is 0 Å². The van der Waals surface area contributed by atoms with Crippen molar-refractivity contribution in [1.82, 2.24) is 9.38 Å². The van der Waals surface area contributed by atoms with E-state index in [0.717, 1.165) is 0 Å². The first-order valence-corrected chi connectivity index (χ1v) is 5.90. The highest BCUT2D eigenvalue weighted by atomic mass is 35.5. The second-order valence-corrected chi connectivity index (χ2v) is 4.44. The Morgan fingerprint density at radius 3 is 2.58 bits per heavy atom. The predicted octanol–water partition coefficient (Wildman–Crippen LogP) is 3.67. The molecule has 5 heteroatoms.